The number of aliphatic carboxylic acids is 1. The Morgan fingerprint density at radius 3 is 2.56 bits per heavy atom. The molecule has 6 rings (SSSR count). The van der Waals surface area contributed by atoms with E-state index in [0.717, 1.165) is 43.9 Å². The molecule has 1 saturated heterocycles. The minimum Gasteiger partial charge on any atom is -0.487 e. The van der Waals surface area contributed by atoms with Gasteiger partial charge in [-0.2, -0.15) is 9.61 Å². The fraction of sp³-hybridized carbons (Fsp3) is 0.618. The zero-order valence-electron chi connectivity index (χ0n) is 27.3. The lowest BCUT2D eigenvalue weighted by atomic mass is 9.92. The summed E-state index contributed by atoms with van der Waals surface area (Å²) >= 11 is 0. The van der Waals surface area contributed by atoms with E-state index in [4.69, 9.17) is 24.3 Å². The molecule has 4 bridgehead atoms. The van der Waals surface area contributed by atoms with E-state index in [1.54, 1.807) is 4.52 Å². The number of halogens is 2. The Kier molecular flexibility index (Phi) is 9.70. The highest BCUT2D eigenvalue weighted by molar-refractivity contribution is 5.78. The zero-order valence-corrected chi connectivity index (χ0v) is 27.3. The number of aromatic nitrogens is 3. The van der Waals surface area contributed by atoms with Crippen molar-refractivity contribution < 1.29 is 32.9 Å². The average Bonchev–Trinajstić information content (AvgIpc) is 3.34. The number of nitrogens with zero attached hydrogens (tertiary/aromatic N) is 4. The van der Waals surface area contributed by atoms with Gasteiger partial charge in [0.05, 0.1) is 28.6 Å². The summed E-state index contributed by atoms with van der Waals surface area (Å²) in [5.41, 5.74) is 1.84. The second-order valence-electron chi connectivity index (χ2n) is 13.7. The number of hydrogen-bond acceptors (Lipinski definition) is 7. The lowest BCUT2D eigenvalue weighted by Gasteiger charge is -2.41. The number of carboxylic acid groups (broad SMARTS) is 1. The molecule has 11 heteroatoms. The molecule has 1 N–H and O–H groups in total. The fourth-order valence-electron chi connectivity index (χ4n) is 6.32. The molecular formula is C34H46F2N4O5. The van der Waals surface area contributed by atoms with Gasteiger partial charge in [-0.1, -0.05) is 0 Å². The van der Waals surface area contributed by atoms with Gasteiger partial charge in [-0.3, -0.25) is 0 Å². The number of ether oxygens (including phenoxy) is 3. The molecule has 2 aromatic heterocycles. The van der Waals surface area contributed by atoms with Gasteiger partial charge in [-0.05, 0) is 99.0 Å². The molecule has 9 nitrogen and oxygen atoms in total. The molecule has 2 unspecified atom stereocenters. The van der Waals surface area contributed by atoms with Crippen LogP contribution in [-0.2, 0) is 27.1 Å². The van der Waals surface area contributed by atoms with Crippen LogP contribution < -0.4 is 9.64 Å². The second kappa shape index (κ2) is 13.2. The number of fused-ring (bicyclic) bond motifs is 10. The Morgan fingerprint density at radius 2 is 1.87 bits per heavy atom. The van der Waals surface area contributed by atoms with Crippen LogP contribution in [0.1, 0.15) is 102 Å². The van der Waals surface area contributed by atoms with E-state index in [-0.39, 0.29) is 17.5 Å². The minimum atomic E-state index is -1.25. The molecule has 0 amide bonds. The summed E-state index contributed by atoms with van der Waals surface area (Å²) in [6.07, 6.45) is 3.94. The lowest BCUT2D eigenvalue weighted by molar-refractivity contribution is -0.160. The third-order valence-electron chi connectivity index (χ3n) is 8.67. The van der Waals surface area contributed by atoms with E-state index >= 15 is 0 Å². The smallest absolute Gasteiger partial charge is 0.337 e. The lowest BCUT2D eigenvalue weighted by Crippen LogP contribution is -2.46. The summed E-state index contributed by atoms with van der Waals surface area (Å²) in [5, 5.41) is 15.3. The van der Waals surface area contributed by atoms with Crippen LogP contribution in [0.15, 0.2) is 18.2 Å². The van der Waals surface area contributed by atoms with Gasteiger partial charge in [0, 0.05) is 43.1 Å². The summed E-state index contributed by atoms with van der Waals surface area (Å²) in [6, 6.07) is 4.10. The molecule has 0 spiro atoms. The number of rotatable bonds is 3. The van der Waals surface area contributed by atoms with Crippen molar-refractivity contribution in [1.82, 2.24) is 14.6 Å². The molecule has 246 valence electrons. The Balaban J connectivity index is 1.57. The number of aryl methyl sites for hydroxylation is 3. The van der Waals surface area contributed by atoms with Crippen molar-refractivity contribution in [1.29, 1.82) is 0 Å². The van der Waals surface area contributed by atoms with Crippen molar-refractivity contribution in [2.24, 2.45) is 0 Å². The van der Waals surface area contributed by atoms with Gasteiger partial charge in [-0.15, -0.1) is 0 Å². The molecule has 0 radical (unpaired) electrons. The molecule has 1 fully saturated rings. The van der Waals surface area contributed by atoms with E-state index in [0.29, 0.717) is 67.2 Å². The van der Waals surface area contributed by atoms with E-state index in [1.165, 1.54) is 6.07 Å². The van der Waals surface area contributed by atoms with Gasteiger partial charge in [0.1, 0.15) is 11.6 Å². The largest absolute Gasteiger partial charge is 0.487 e. The minimum absolute atomic E-state index is 0.102. The van der Waals surface area contributed by atoms with Crippen molar-refractivity contribution in [3.8, 4) is 5.75 Å². The molecule has 3 aromatic rings. The normalized spacial score (nSPS) is 22.7. The number of carbonyl (C=O) groups is 1. The molecular weight excluding hydrogens is 582 g/mol. The summed E-state index contributed by atoms with van der Waals surface area (Å²) in [6.45, 7) is 13.2. The maximum absolute atomic E-state index is 14.9. The quantitative estimate of drug-likeness (QED) is 0.340. The summed E-state index contributed by atoms with van der Waals surface area (Å²) in [5.74, 6) is -1.67. The first kappa shape index (κ1) is 33.1. The first-order valence-electron chi connectivity index (χ1n) is 16.1. The first-order chi connectivity index (χ1) is 21.2. The summed E-state index contributed by atoms with van der Waals surface area (Å²) in [7, 11) is 0. The van der Waals surface area contributed by atoms with Crippen LogP contribution in [0.2, 0.25) is 0 Å². The Bertz CT molecular complexity index is 1530. The van der Waals surface area contributed by atoms with Crippen LogP contribution in [0.4, 0.5) is 14.6 Å². The number of carboxylic acids is 1. The van der Waals surface area contributed by atoms with E-state index in [1.807, 2.05) is 40.7 Å². The third-order valence-corrected chi connectivity index (χ3v) is 8.67. The summed E-state index contributed by atoms with van der Waals surface area (Å²) < 4.78 is 49.5. The van der Waals surface area contributed by atoms with Gasteiger partial charge in [0.15, 0.2) is 23.3 Å². The van der Waals surface area contributed by atoms with Crippen molar-refractivity contribution in [3.63, 3.8) is 0 Å². The molecule has 0 saturated carbocycles. The van der Waals surface area contributed by atoms with Gasteiger partial charge in [0.2, 0.25) is 0 Å². The highest BCUT2D eigenvalue weighted by atomic mass is 19.1. The van der Waals surface area contributed by atoms with Gasteiger partial charge in [-0.25, -0.2) is 18.6 Å². The standard InChI is InChI=1S/C34H46F2N4O5/c1-21-10-7-8-17-43-34(6)13-15-39(16-14-34)31-28(30(32(41)42)45-33(3,4)5)22(2)37-27-20-25(38-40(27)31)12-9-11-23-18-24(35)19-26(36)29(23)44-21/h18-21,30H,7-17H2,1-6H3,(H,41,42). The molecule has 2 atom stereocenters. The molecule has 3 aliphatic heterocycles. The van der Waals surface area contributed by atoms with Crippen molar-refractivity contribution in [2.75, 3.05) is 24.6 Å². The van der Waals surface area contributed by atoms with Crippen LogP contribution in [0, 0.1) is 18.6 Å². The number of hydrogen-bond donors (Lipinski definition) is 1. The Morgan fingerprint density at radius 1 is 1.13 bits per heavy atom. The molecule has 3 aliphatic rings. The summed E-state index contributed by atoms with van der Waals surface area (Å²) in [4.78, 5) is 19.6. The Labute approximate surface area is 263 Å². The Hall–Kier alpha value is -3.31. The van der Waals surface area contributed by atoms with Crippen molar-refractivity contribution >= 4 is 17.4 Å². The van der Waals surface area contributed by atoms with Crippen molar-refractivity contribution in [3.05, 3.63) is 52.3 Å². The van der Waals surface area contributed by atoms with E-state index in [9.17, 15) is 18.7 Å². The SMILES string of the molecule is Cc1nc2cc3nn2c(c1C(OC(C)(C)C)C(=O)O)N1CCC(C)(CC1)OCCCCC(C)Oc1c(F)cc(F)cc1CCC3. The van der Waals surface area contributed by atoms with Crippen LogP contribution in [0.5, 0.6) is 5.75 Å². The number of piperidine rings is 1. The zero-order chi connectivity index (χ0) is 32.5. The van der Waals surface area contributed by atoms with Crippen LogP contribution in [0.25, 0.3) is 5.65 Å². The van der Waals surface area contributed by atoms with Gasteiger partial charge >= 0.3 is 5.97 Å². The predicted molar refractivity (Wildman–Crippen MR) is 167 cm³/mol. The predicted octanol–water partition coefficient (Wildman–Crippen LogP) is 6.76. The second-order valence-corrected chi connectivity index (χ2v) is 13.7. The molecule has 1 aromatic carbocycles. The van der Waals surface area contributed by atoms with Crippen LogP contribution in [-0.4, -0.2) is 62.7 Å². The third kappa shape index (κ3) is 7.74. The van der Waals surface area contributed by atoms with Crippen LogP contribution in [0.3, 0.4) is 0 Å². The topological polar surface area (TPSA) is 98.4 Å². The average molecular weight is 629 g/mol. The molecule has 5 heterocycles. The highest BCUT2D eigenvalue weighted by Crippen LogP contribution is 2.38. The number of benzene rings is 1. The maximum Gasteiger partial charge on any atom is 0.337 e. The maximum atomic E-state index is 14.9. The first-order valence-corrected chi connectivity index (χ1v) is 16.1. The highest BCUT2D eigenvalue weighted by Gasteiger charge is 2.37. The van der Waals surface area contributed by atoms with E-state index in [2.05, 4.69) is 11.8 Å². The van der Waals surface area contributed by atoms with Crippen molar-refractivity contribution in [2.45, 2.75) is 116 Å². The van der Waals surface area contributed by atoms with Gasteiger partial charge in [0.25, 0.3) is 0 Å². The fourth-order valence-corrected chi connectivity index (χ4v) is 6.32. The number of anilines is 1. The monoisotopic (exact) mass is 628 g/mol. The molecule has 0 aliphatic carbocycles. The van der Waals surface area contributed by atoms with Gasteiger partial charge < -0.3 is 24.2 Å². The van der Waals surface area contributed by atoms with E-state index < -0.39 is 29.3 Å². The van der Waals surface area contributed by atoms with Crippen LogP contribution >= 0.6 is 0 Å². The molecule has 45 heavy (non-hydrogen) atoms.